The van der Waals surface area contributed by atoms with E-state index in [-0.39, 0.29) is 29.0 Å². The molecule has 0 atom stereocenters. The summed E-state index contributed by atoms with van der Waals surface area (Å²) in [6, 6.07) is 6.16. The average Bonchev–Trinajstić information content (AvgIpc) is 3.67. The molecule has 0 bridgehead atoms. The summed E-state index contributed by atoms with van der Waals surface area (Å²) in [6.07, 6.45) is 1.30. The lowest BCUT2D eigenvalue weighted by molar-refractivity contribution is -0.140. The number of halogens is 3. The fraction of sp³-hybridized carbons (Fsp3) is 0.280. The van der Waals surface area contributed by atoms with Crippen molar-refractivity contribution in [2.24, 2.45) is 7.05 Å². The summed E-state index contributed by atoms with van der Waals surface area (Å²) in [5.74, 6) is 0.598. The van der Waals surface area contributed by atoms with Gasteiger partial charge >= 0.3 is 6.18 Å². The molecule has 3 heterocycles. The highest BCUT2D eigenvalue weighted by Gasteiger charge is 2.35. The van der Waals surface area contributed by atoms with Crippen molar-refractivity contribution in [3.63, 3.8) is 0 Å². The number of hydrogen-bond acceptors (Lipinski definition) is 8. The van der Waals surface area contributed by atoms with E-state index in [9.17, 15) is 18.0 Å². The molecule has 0 amide bonds. The third-order valence-electron chi connectivity index (χ3n) is 6.07. The monoisotopic (exact) mass is 509 g/mol. The first kappa shape index (κ1) is 24.3. The molecule has 12 heteroatoms. The van der Waals surface area contributed by atoms with Gasteiger partial charge in [-0.2, -0.15) is 13.2 Å². The van der Waals surface area contributed by atoms with Gasteiger partial charge in [0.05, 0.1) is 24.7 Å². The molecule has 0 saturated heterocycles. The minimum Gasteiger partial charge on any atom is -0.480 e. The van der Waals surface area contributed by atoms with Crippen LogP contribution in [0.4, 0.5) is 18.9 Å². The third kappa shape index (κ3) is 4.61. The maximum absolute atomic E-state index is 13.5. The quantitative estimate of drug-likeness (QED) is 0.363. The van der Waals surface area contributed by atoms with Gasteiger partial charge in [0, 0.05) is 37.3 Å². The van der Waals surface area contributed by atoms with Gasteiger partial charge in [0.1, 0.15) is 23.4 Å². The van der Waals surface area contributed by atoms with E-state index in [1.165, 1.54) is 43.4 Å². The van der Waals surface area contributed by atoms with E-state index in [1.54, 1.807) is 19.2 Å². The molecule has 190 valence electrons. The maximum Gasteiger partial charge on any atom is 0.434 e. The van der Waals surface area contributed by atoms with Gasteiger partial charge in [-0.05, 0) is 12.8 Å². The number of benzene rings is 1. The van der Waals surface area contributed by atoms with Gasteiger partial charge in [-0.25, -0.2) is 24.9 Å². The first-order chi connectivity index (χ1) is 17.7. The second-order valence-electron chi connectivity index (χ2n) is 8.59. The Kier molecular flexibility index (Phi) is 6.10. The van der Waals surface area contributed by atoms with Crippen LogP contribution in [0.1, 0.15) is 46.2 Å². The van der Waals surface area contributed by atoms with Crippen molar-refractivity contribution in [2.45, 2.75) is 24.9 Å². The number of nitrogens with one attached hydrogen (secondary N) is 1. The van der Waals surface area contributed by atoms with Crippen LogP contribution in [-0.2, 0) is 13.2 Å². The second kappa shape index (κ2) is 9.26. The van der Waals surface area contributed by atoms with Crippen molar-refractivity contribution in [1.29, 1.82) is 0 Å². The van der Waals surface area contributed by atoms with E-state index < -0.39 is 11.9 Å². The Bertz CT molecular complexity index is 1480. The van der Waals surface area contributed by atoms with Crippen LogP contribution >= 0.6 is 0 Å². The summed E-state index contributed by atoms with van der Waals surface area (Å²) in [5, 5.41) is 2.94. The number of aryl methyl sites for hydroxylation is 1. The molecular weight excluding hydrogens is 487 g/mol. The zero-order chi connectivity index (χ0) is 26.3. The van der Waals surface area contributed by atoms with Crippen molar-refractivity contribution >= 4 is 11.5 Å². The van der Waals surface area contributed by atoms with E-state index in [2.05, 4.69) is 30.2 Å². The molecule has 0 unspecified atom stereocenters. The summed E-state index contributed by atoms with van der Waals surface area (Å²) >= 11 is 0. The summed E-state index contributed by atoms with van der Waals surface area (Å²) in [7, 11) is 4.63. The van der Waals surface area contributed by atoms with Gasteiger partial charge in [0.25, 0.3) is 0 Å². The van der Waals surface area contributed by atoms with E-state index in [0.29, 0.717) is 28.3 Å². The minimum absolute atomic E-state index is 0.129. The zero-order valence-corrected chi connectivity index (χ0v) is 20.2. The van der Waals surface area contributed by atoms with Gasteiger partial charge in [0.15, 0.2) is 11.5 Å². The summed E-state index contributed by atoms with van der Waals surface area (Å²) in [5.41, 5.74) is 1.63. The Morgan fingerprint density at radius 2 is 1.84 bits per heavy atom. The van der Waals surface area contributed by atoms with Crippen molar-refractivity contribution < 1.29 is 22.7 Å². The maximum atomic E-state index is 13.5. The Morgan fingerprint density at radius 1 is 1.11 bits per heavy atom. The Morgan fingerprint density at radius 3 is 2.43 bits per heavy atom. The van der Waals surface area contributed by atoms with Crippen molar-refractivity contribution in [1.82, 2.24) is 29.5 Å². The number of ketones is 1. The number of carbonyl (C=O) groups is 1. The largest absolute Gasteiger partial charge is 0.480 e. The van der Waals surface area contributed by atoms with Crippen LogP contribution in [0.15, 0.2) is 43.0 Å². The lowest BCUT2D eigenvalue weighted by Crippen LogP contribution is -2.11. The molecule has 0 radical (unpaired) electrons. The van der Waals surface area contributed by atoms with Crippen LogP contribution in [0.3, 0.4) is 0 Å². The molecule has 1 saturated carbocycles. The lowest BCUT2D eigenvalue weighted by atomic mass is 10.0. The minimum atomic E-state index is -4.55. The van der Waals surface area contributed by atoms with Crippen molar-refractivity contribution in [3.8, 4) is 28.7 Å². The molecule has 9 nitrogen and oxygen atoms in total. The standard InChI is InChI=1S/C25H22F3N7O2/c1-29-16-10-30-22(18-19(13-4-5-13)31-12-32-24(18)37-3)34-20(16)21(36)14-6-8-15(9-7-14)23-33-17(11-35(23)2)25(26,27)28/h6-13,29H,4-5H2,1-3H3. The summed E-state index contributed by atoms with van der Waals surface area (Å²) in [4.78, 5) is 34.8. The molecule has 3 aromatic heterocycles. The zero-order valence-electron chi connectivity index (χ0n) is 20.2. The second-order valence-corrected chi connectivity index (χ2v) is 8.59. The van der Waals surface area contributed by atoms with E-state index in [4.69, 9.17) is 4.74 Å². The Hall–Kier alpha value is -4.35. The fourth-order valence-electron chi connectivity index (χ4n) is 4.05. The predicted octanol–water partition coefficient (Wildman–Crippen LogP) is 4.51. The number of ether oxygens (including phenoxy) is 1. The molecule has 1 fully saturated rings. The van der Waals surface area contributed by atoms with E-state index in [1.807, 2.05) is 0 Å². The molecule has 1 aliphatic rings. The van der Waals surface area contributed by atoms with Gasteiger partial charge in [0.2, 0.25) is 11.7 Å². The van der Waals surface area contributed by atoms with Crippen LogP contribution in [0.25, 0.3) is 22.8 Å². The lowest BCUT2D eigenvalue weighted by Gasteiger charge is -2.13. The molecule has 4 aromatic rings. The Balaban J connectivity index is 1.51. The molecule has 0 spiro atoms. The summed E-state index contributed by atoms with van der Waals surface area (Å²) < 4.78 is 45.9. The number of methoxy groups -OCH3 is 1. The molecule has 0 aliphatic heterocycles. The highest BCUT2D eigenvalue weighted by molar-refractivity contribution is 6.11. The van der Waals surface area contributed by atoms with Gasteiger partial charge in [-0.3, -0.25) is 4.79 Å². The number of hydrogen-bond donors (Lipinski definition) is 1. The number of imidazole rings is 1. The van der Waals surface area contributed by atoms with Crippen LogP contribution < -0.4 is 10.1 Å². The predicted molar refractivity (Wildman–Crippen MR) is 128 cm³/mol. The first-order valence-electron chi connectivity index (χ1n) is 11.4. The number of rotatable bonds is 7. The van der Waals surface area contributed by atoms with E-state index in [0.717, 1.165) is 24.7 Å². The third-order valence-corrected chi connectivity index (χ3v) is 6.07. The normalized spacial score (nSPS) is 13.5. The smallest absolute Gasteiger partial charge is 0.434 e. The number of carbonyl (C=O) groups excluding carboxylic acids is 1. The topological polar surface area (TPSA) is 108 Å². The molecular formula is C25H22F3N7O2. The van der Waals surface area contributed by atoms with Crippen LogP contribution in [0, 0.1) is 0 Å². The number of aromatic nitrogens is 6. The molecule has 5 rings (SSSR count). The SMILES string of the molecule is CNc1cnc(-c2c(OC)ncnc2C2CC2)nc1C(=O)c1ccc(-c2nc(C(F)(F)F)cn2C)cc1. The fourth-order valence-corrected chi connectivity index (χ4v) is 4.05. The summed E-state index contributed by atoms with van der Waals surface area (Å²) in [6.45, 7) is 0. The van der Waals surface area contributed by atoms with Crippen LogP contribution in [-0.4, -0.2) is 49.4 Å². The van der Waals surface area contributed by atoms with Gasteiger partial charge in [-0.1, -0.05) is 24.3 Å². The van der Waals surface area contributed by atoms with Crippen LogP contribution in [0.5, 0.6) is 5.88 Å². The molecule has 1 aliphatic carbocycles. The number of alkyl halides is 3. The molecule has 1 aromatic carbocycles. The van der Waals surface area contributed by atoms with Crippen molar-refractivity contribution in [3.05, 3.63) is 65.6 Å². The Labute approximate surface area is 209 Å². The first-order valence-corrected chi connectivity index (χ1v) is 11.4. The highest BCUT2D eigenvalue weighted by atomic mass is 19.4. The van der Waals surface area contributed by atoms with Gasteiger partial charge < -0.3 is 14.6 Å². The highest BCUT2D eigenvalue weighted by Crippen LogP contribution is 2.45. The van der Waals surface area contributed by atoms with Gasteiger partial charge in [-0.15, -0.1) is 0 Å². The molecule has 1 N–H and O–H groups in total. The number of nitrogens with zero attached hydrogens (tertiary/aromatic N) is 6. The number of anilines is 1. The van der Waals surface area contributed by atoms with E-state index >= 15 is 0 Å². The average molecular weight is 509 g/mol. The van der Waals surface area contributed by atoms with Crippen LogP contribution in [0.2, 0.25) is 0 Å². The van der Waals surface area contributed by atoms with Crippen molar-refractivity contribution in [2.75, 3.05) is 19.5 Å². The molecule has 37 heavy (non-hydrogen) atoms.